The number of hydrogen-bond donors (Lipinski definition) is 3. The number of anilines is 1. The van der Waals surface area contributed by atoms with Crippen molar-refractivity contribution in [3.63, 3.8) is 0 Å². The largest absolute Gasteiger partial charge is 0.481 e. The van der Waals surface area contributed by atoms with Crippen LogP contribution in [0.25, 0.3) is 0 Å². The Balaban J connectivity index is 1.47. The van der Waals surface area contributed by atoms with Crippen LogP contribution in [0.3, 0.4) is 0 Å². The number of carbonyl (C=O) groups excluding carboxylic acids is 1. The number of carbonyl (C=O) groups is 2. The number of allylic oxidation sites excluding steroid dienone is 1. The summed E-state index contributed by atoms with van der Waals surface area (Å²) in [4.78, 5) is 30.6. The highest BCUT2D eigenvalue weighted by atomic mass is 35.5. The summed E-state index contributed by atoms with van der Waals surface area (Å²) in [5.74, 6) is 1.77. The van der Waals surface area contributed by atoms with Crippen LogP contribution in [0.15, 0.2) is 29.5 Å². The minimum Gasteiger partial charge on any atom is -0.481 e. The highest BCUT2D eigenvalue weighted by Crippen LogP contribution is 2.51. The Hall–Kier alpha value is -2.05. The maximum atomic E-state index is 12.9. The maximum absolute atomic E-state index is 12.9. The van der Waals surface area contributed by atoms with E-state index in [1.165, 1.54) is 12.0 Å². The summed E-state index contributed by atoms with van der Waals surface area (Å²) >= 11 is 6.27. The van der Waals surface area contributed by atoms with E-state index in [0.717, 1.165) is 42.9 Å². The zero-order valence-corrected chi connectivity index (χ0v) is 20.5. The van der Waals surface area contributed by atoms with Gasteiger partial charge in [-0.3, -0.25) is 9.59 Å². The molecule has 1 aromatic carbocycles. The first kappa shape index (κ1) is 24.1. The number of halogens is 1. The predicted molar refractivity (Wildman–Crippen MR) is 129 cm³/mol. The monoisotopic (exact) mass is 474 g/mol. The zero-order valence-electron chi connectivity index (χ0n) is 19.7. The van der Waals surface area contributed by atoms with Gasteiger partial charge in [-0.05, 0) is 80.1 Å². The lowest BCUT2D eigenvalue weighted by molar-refractivity contribution is -0.138. The first-order valence-electron chi connectivity index (χ1n) is 12.1. The summed E-state index contributed by atoms with van der Waals surface area (Å²) in [6.07, 6.45) is 5.70. The van der Waals surface area contributed by atoms with Crippen LogP contribution in [0.5, 0.6) is 0 Å². The molecule has 3 aliphatic rings. The molecule has 2 aliphatic carbocycles. The van der Waals surface area contributed by atoms with Crippen molar-refractivity contribution in [1.82, 2.24) is 5.48 Å². The maximum Gasteiger partial charge on any atom is 0.303 e. The summed E-state index contributed by atoms with van der Waals surface area (Å²) in [6, 6.07) is 5.21. The molecule has 4 rings (SSSR count). The molecule has 0 radical (unpaired) electrons. The molecule has 2 saturated carbocycles. The second-order valence-corrected chi connectivity index (χ2v) is 11.0. The second kappa shape index (κ2) is 10.1. The van der Waals surface area contributed by atoms with Crippen LogP contribution in [-0.2, 0) is 14.4 Å². The van der Waals surface area contributed by atoms with E-state index in [1.807, 2.05) is 13.0 Å². The molecule has 6 nitrogen and oxygen atoms in total. The first-order valence-corrected chi connectivity index (χ1v) is 12.5. The fraction of sp³-hybridized carbons (Fsp3) is 0.615. The Morgan fingerprint density at radius 2 is 1.94 bits per heavy atom. The lowest BCUT2D eigenvalue weighted by Crippen LogP contribution is -2.37. The average molecular weight is 475 g/mol. The van der Waals surface area contributed by atoms with Gasteiger partial charge in [-0.2, -0.15) is 0 Å². The molecule has 1 aliphatic heterocycles. The predicted octanol–water partition coefficient (Wildman–Crippen LogP) is 5.71. The van der Waals surface area contributed by atoms with E-state index in [9.17, 15) is 14.7 Å². The molecule has 2 fully saturated rings. The molecule has 2 atom stereocenters. The third kappa shape index (κ3) is 5.90. The highest BCUT2D eigenvalue weighted by Gasteiger charge is 2.47. The number of aliphatic carboxylic acids is 1. The number of hydroxylamine groups is 1. The number of carboxylic acid groups (broad SMARTS) is 1. The normalized spacial score (nSPS) is 25.5. The number of nitrogens with one attached hydrogen (secondary N) is 2. The topological polar surface area (TPSA) is 87.7 Å². The number of carboxylic acids is 1. The van der Waals surface area contributed by atoms with Crippen LogP contribution in [0.4, 0.5) is 5.69 Å². The van der Waals surface area contributed by atoms with Gasteiger partial charge in [0.05, 0.1) is 23.2 Å². The molecule has 1 heterocycles. The molecule has 1 aromatic rings. The third-order valence-corrected chi connectivity index (χ3v) is 7.41. The molecular formula is C26H35ClN2O4. The van der Waals surface area contributed by atoms with Crippen molar-refractivity contribution in [3.05, 3.63) is 40.1 Å². The van der Waals surface area contributed by atoms with E-state index in [4.69, 9.17) is 16.4 Å². The Labute approximate surface area is 201 Å². The Morgan fingerprint density at radius 3 is 2.55 bits per heavy atom. The van der Waals surface area contributed by atoms with Gasteiger partial charge in [0.1, 0.15) is 5.76 Å². The number of amides is 1. The van der Waals surface area contributed by atoms with Crippen LogP contribution in [-0.4, -0.2) is 23.0 Å². The Morgan fingerprint density at radius 1 is 1.21 bits per heavy atom. The summed E-state index contributed by atoms with van der Waals surface area (Å²) in [5, 5.41) is 12.9. The molecule has 3 N–H and O–H groups in total. The van der Waals surface area contributed by atoms with E-state index in [2.05, 4.69) is 24.6 Å². The summed E-state index contributed by atoms with van der Waals surface area (Å²) in [6.45, 7) is 6.46. The smallest absolute Gasteiger partial charge is 0.303 e. The van der Waals surface area contributed by atoms with Crippen molar-refractivity contribution >= 4 is 29.2 Å². The SMILES string of the molecule is Cc1ccc(NC(=O)CC(CC(=O)O)C2NOC(C3CC(CC(C)C)C3)=C2C2CC2)c(Cl)c1. The van der Waals surface area contributed by atoms with Gasteiger partial charge in [0.25, 0.3) is 0 Å². The minimum atomic E-state index is -0.910. The van der Waals surface area contributed by atoms with Crippen molar-refractivity contribution in [2.24, 2.45) is 29.6 Å². The van der Waals surface area contributed by atoms with Crippen molar-refractivity contribution in [2.45, 2.75) is 71.8 Å². The van der Waals surface area contributed by atoms with Gasteiger partial charge in [0.15, 0.2) is 0 Å². The standard InChI is InChI=1S/C26H35ClN2O4/c1-14(2)8-16-10-19(11-16)26-24(17-5-6-17)25(29-33-26)18(13-23(31)32)12-22(30)28-21-7-4-15(3)9-20(21)27/h4,7,9,14,16-19,25,29H,5-6,8,10-13H2,1-3H3,(H,28,30)(H,31,32). The molecular weight excluding hydrogens is 440 g/mol. The van der Waals surface area contributed by atoms with Crippen molar-refractivity contribution in [1.29, 1.82) is 0 Å². The summed E-state index contributed by atoms with van der Waals surface area (Å²) in [5.41, 5.74) is 5.90. The lowest BCUT2D eigenvalue weighted by atomic mass is 9.69. The lowest BCUT2D eigenvalue weighted by Gasteiger charge is -2.36. The molecule has 1 amide bonds. The van der Waals surface area contributed by atoms with E-state index in [-0.39, 0.29) is 24.8 Å². The van der Waals surface area contributed by atoms with E-state index < -0.39 is 11.9 Å². The quantitative estimate of drug-likeness (QED) is 0.404. The van der Waals surface area contributed by atoms with Crippen molar-refractivity contribution in [2.75, 3.05) is 5.32 Å². The van der Waals surface area contributed by atoms with Crippen molar-refractivity contribution < 1.29 is 19.5 Å². The van der Waals surface area contributed by atoms with Gasteiger partial charge in [-0.1, -0.05) is 31.5 Å². The molecule has 0 aromatic heterocycles. The first-order chi connectivity index (χ1) is 15.7. The fourth-order valence-electron chi connectivity index (χ4n) is 5.42. The van der Waals surface area contributed by atoms with Crippen LogP contribution >= 0.6 is 11.6 Å². The second-order valence-electron chi connectivity index (χ2n) is 10.5. The zero-order chi connectivity index (χ0) is 23.7. The van der Waals surface area contributed by atoms with Crippen LogP contribution in [0.2, 0.25) is 5.02 Å². The minimum absolute atomic E-state index is 0.0850. The van der Waals surface area contributed by atoms with Gasteiger partial charge in [0, 0.05) is 18.3 Å². The van der Waals surface area contributed by atoms with Crippen molar-refractivity contribution in [3.8, 4) is 0 Å². The van der Waals surface area contributed by atoms with Crippen LogP contribution < -0.4 is 10.8 Å². The molecule has 0 bridgehead atoms. The number of benzene rings is 1. The van der Waals surface area contributed by atoms with Gasteiger partial charge in [-0.25, -0.2) is 0 Å². The molecule has 2 unspecified atom stereocenters. The van der Waals surface area contributed by atoms with Crippen LogP contribution in [0.1, 0.15) is 64.4 Å². The number of hydrogen-bond acceptors (Lipinski definition) is 4. The third-order valence-electron chi connectivity index (χ3n) is 7.10. The average Bonchev–Trinajstić information content (AvgIpc) is 3.44. The fourth-order valence-corrected chi connectivity index (χ4v) is 5.71. The molecule has 0 saturated heterocycles. The van der Waals surface area contributed by atoms with Gasteiger partial charge < -0.3 is 15.3 Å². The number of rotatable bonds is 10. The Bertz CT molecular complexity index is 934. The highest BCUT2D eigenvalue weighted by molar-refractivity contribution is 6.33. The summed E-state index contributed by atoms with van der Waals surface area (Å²) in [7, 11) is 0. The van der Waals surface area contributed by atoms with E-state index in [0.29, 0.717) is 28.5 Å². The van der Waals surface area contributed by atoms with Gasteiger partial charge in [0.2, 0.25) is 5.91 Å². The van der Waals surface area contributed by atoms with E-state index >= 15 is 0 Å². The van der Waals surface area contributed by atoms with Crippen LogP contribution in [0, 0.1) is 36.5 Å². The molecule has 0 spiro atoms. The molecule has 7 heteroatoms. The van der Waals surface area contributed by atoms with E-state index in [1.54, 1.807) is 12.1 Å². The Kier molecular flexibility index (Phi) is 7.34. The molecule has 33 heavy (non-hydrogen) atoms. The summed E-state index contributed by atoms with van der Waals surface area (Å²) < 4.78 is 0. The van der Waals surface area contributed by atoms with Gasteiger partial charge >= 0.3 is 5.97 Å². The van der Waals surface area contributed by atoms with Gasteiger partial charge in [-0.15, -0.1) is 5.48 Å². The molecule has 180 valence electrons. The number of aryl methyl sites for hydroxylation is 1.